The van der Waals surface area contributed by atoms with Crippen molar-refractivity contribution in [1.29, 1.82) is 0 Å². The minimum atomic E-state index is 0.637. The lowest BCUT2D eigenvalue weighted by Gasteiger charge is -2.16. The Balaban J connectivity index is 1.65. The normalized spacial score (nSPS) is 15.0. The van der Waals surface area contributed by atoms with Crippen LogP contribution in [0.4, 0.5) is 0 Å². The molecular weight excluding hydrogens is 338 g/mol. The highest BCUT2D eigenvalue weighted by atomic mass is 79.9. The molecule has 0 aliphatic carbocycles. The molecule has 1 aliphatic heterocycles. The van der Waals surface area contributed by atoms with Gasteiger partial charge in [-0.3, -0.25) is 0 Å². The van der Waals surface area contributed by atoms with Crippen molar-refractivity contribution in [3.8, 4) is 0 Å². The Morgan fingerprint density at radius 1 is 1.20 bits per heavy atom. The molecule has 1 aliphatic rings. The maximum atomic E-state index is 6.00. The van der Waals surface area contributed by atoms with Crippen molar-refractivity contribution in [3.63, 3.8) is 0 Å². The summed E-state index contributed by atoms with van der Waals surface area (Å²) in [7, 11) is 0. The van der Waals surface area contributed by atoms with Crippen molar-refractivity contribution in [3.05, 3.63) is 69.2 Å². The first-order valence-corrected chi connectivity index (χ1v) is 7.44. The van der Waals surface area contributed by atoms with Crippen LogP contribution in [0.2, 0.25) is 5.02 Å². The smallest absolute Gasteiger partial charge is 0.144 e. The molecule has 102 valence electrons. The number of nitrogens with one attached hydrogen (secondary N) is 1. The molecule has 0 atom stereocenters. The van der Waals surface area contributed by atoms with Gasteiger partial charge in [-0.05, 0) is 29.8 Å². The van der Waals surface area contributed by atoms with E-state index in [0.717, 1.165) is 33.0 Å². The Bertz CT molecular complexity index is 640. The molecule has 0 radical (unpaired) electrons. The van der Waals surface area contributed by atoms with E-state index in [-0.39, 0.29) is 0 Å². The van der Waals surface area contributed by atoms with Gasteiger partial charge >= 0.3 is 0 Å². The predicted molar refractivity (Wildman–Crippen MR) is 85.7 cm³/mol. The van der Waals surface area contributed by atoms with Crippen LogP contribution < -0.4 is 5.43 Å². The molecule has 0 spiro atoms. The molecule has 3 nitrogen and oxygen atoms in total. The minimum Gasteiger partial charge on any atom is -0.301 e. The first-order chi connectivity index (χ1) is 9.70. The van der Waals surface area contributed by atoms with Gasteiger partial charge in [0.2, 0.25) is 0 Å². The van der Waals surface area contributed by atoms with E-state index in [4.69, 9.17) is 11.6 Å². The van der Waals surface area contributed by atoms with Crippen LogP contribution in [0.15, 0.2) is 58.0 Å². The number of hydrazine groups is 1. The minimum absolute atomic E-state index is 0.637. The molecule has 0 saturated heterocycles. The number of benzene rings is 2. The summed E-state index contributed by atoms with van der Waals surface area (Å²) < 4.78 is 1.07. The third kappa shape index (κ3) is 3.20. The number of amidine groups is 1. The van der Waals surface area contributed by atoms with Crippen LogP contribution in [0.3, 0.4) is 0 Å². The Labute approximate surface area is 131 Å². The van der Waals surface area contributed by atoms with Crippen LogP contribution in [-0.4, -0.2) is 17.5 Å². The monoisotopic (exact) mass is 349 g/mol. The van der Waals surface area contributed by atoms with E-state index in [9.17, 15) is 0 Å². The second kappa shape index (κ2) is 5.95. The largest absolute Gasteiger partial charge is 0.301 e. The number of hydrogen-bond acceptors (Lipinski definition) is 3. The summed E-state index contributed by atoms with van der Waals surface area (Å²) in [5, 5.41) is 2.82. The highest BCUT2D eigenvalue weighted by Crippen LogP contribution is 2.15. The first kappa shape index (κ1) is 13.6. The van der Waals surface area contributed by atoms with E-state index < -0.39 is 0 Å². The second-order valence-corrected chi connectivity index (χ2v) is 5.95. The summed E-state index contributed by atoms with van der Waals surface area (Å²) in [5.41, 5.74) is 5.57. The molecule has 2 aromatic rings. The highest BCUT2D eigenvalue weighted by molar-refractivity contribution is 9.10. The number of aliphatic imine (C=N–C) groups is 1. The third-order valence-electron chi connectivity index (χ3n) is 3.04. The number of nitrogens with zero attached hydrogens (tertiary/aromatic N) is 2. The van der Waals surface area contributed by atoms with Gasteiger partial charge in [0, 0.05) is 21.6 Å². The van der Waals surface area contributed by atoms with Gasteiger partial charge < -0.3 is 5.43 Å². The van der Waals surface area contributed by atoms with Crippen molar-refractivity contribution in [2.24, 2.45) is 4.99 Å². The Morgan fingerprint density at radius 2 is 2.00 bits per heavy atom. The summed E-state index contributed by atoms with van der Waals surface area (Å²) in [6.45, 7) is 1.40. The molecular formula is C15H13BrClN3. The maximum absolute atomic E-state index is 6.00. The predicted octanol–water partition coefficient (Wildman–Crippen LogP) is 3.83. The van der Waals surface area contributed by atoms with E-state index in [1.54, 1.807) is 0 Å². The van der Waals surface area contributed by atoms with Crippen molar-refractivity contribution < 1.29 is 0 Å². The van der Waals surface area contributed by atoms with Crippen molar-refractivity contribution in [2.75, 3.05) is 6.67 Å². The van der Waals surface area contributed by atoms with Crippen molar-refractivity contribution >= 4 is 33.4 Å². The Hall–Kier alpha value is -1.36. The van der Waals surface area contributed by atoms with Gasteiger partial charge in [-0.15, -0.1) is 0 Å². The molecule has 3 rings (SSSR count). The summed E-state index contributed by atoms with van der Waals surface area (Å²) in [6, 6.07) is 16.0. The van der Waals surface area contributed by atoms with Gasteiger partial charge in [0.25, 0.3) is 0 Å². The van der Waals surface area contributed by atoms with E-state index in [0.29, 0.717) is 6.67 Å². The average molecular weight is 351 g/mol. The maximum Gasteiger partial charge on any atom is 0.144 e. The van der Waals surface area contributed by atoms with E-state index >= 15 is 0 Å². The fraction of sp³-hybridized carbons (Fsp3) is 0.133. The summed E-state index contributed by atoms with van der Waals surface area (Å²) in [4.78, 5) is 4.52. The summed E-state index contributed by atoms with van der Waals surface area (Å²) in [5.74, 6) is 0.902. The van der Waals surface area contributed by atoms with Gasteiger partial charge in [-0.25, -0.2) is 4.99 Å². The van der Waals surface area contributed by atoms with E-state index in [1.807, 2.05) is 42.5 Å². The third-order valence-corrected chi connectivity index (χ3v) is 3.81. The zero-order valence-electron chi connectivity index (χ0n) is 10.7. The van der Waals surface area contributed by atoms with Crippen molar-refractivity contribution in [2.45, 2.75) is 6.54 Å². The Kier molecular flexibility index (Phi) is 4.05. The molecule has 5 heteroatoms. The van der Waals surface area contributed by atoms with Crippen LogP contribution >= 0.6 is 27.5 Å². The topological polar surface area (TPSA) is 27.6 Å². The van der Waals surface area contributed by atoms with Gasteiger partial charge in [0.1, 0.15) is 12.5 Å². The van der Waals surface area contributed by atoms with Crippen LogP contribution in [0, 0.1) is 0 Å². The van der Waals surface area contributed by atoms with E-state index in [2.05, 4.69) is 37.4 Å². The molecule has 20 heavy (non-hydrogen) atoms. The second-order valence-electron chi connectivity index (χ2n) is 4.59. The Morgan fingerprint density at radius 3 is 2.75 bits per heavy atom. The number of halogens is 2. The van der Waals surface area contributed by atoms with Crippen LogP contribution in [-0.2, 0) is 6.54 Å². The molecule has 1 N–H and O–H groups in total. The first-order valence-electron chi connectivity index (χ1n) is 6.27. The molecule has 0 unspecified atom stereocenters. The fourth-order valence-electron chi connectivity index (χ4n) is 2.09. The number of hydrogen-bond donors (Lipinski definition) is 1. The molecule has 0 bridgehead atoms. The molecule has 0 amide bonds. The molecule has 2 aromatic carbocycles. The lowest BCUT2D eigenvalue weighted by atomic mass is 10.2. The van der Waals surface area contributed by atoms with Gasteiger partial charge in [-0.2, -0.15) is 5.01 Å². The van der Waals surface area contributed by atoms with Gasteiger partial charge in [0.15, 0.2) is 0 Å². The highest BCUT2D eigenvalue weighted by Gasteiger charge is 2.16. The quantitative estimate of drug-likeness (QED) is 0.911. The van der Waals surface area contributed by atoms with Crippen LogP contribution in [0.25, 0.3) is 0 Å². The lowest BCUT2D eigenvalue weighted by molar-refractivity contribution is 0.257. The van der Waals surface area contributed by atoms with Crippen LogP contribution in [0.1, 0.15) is 11.1 Å². The van der Waals surface area contributed by atoms with E-state index in [1.165, 1.54) is 0 Å². The zero-order valence-corrected chi connectivity index (χ0v) is 13.0. The van der Waals surface area contributed by atoms with Gasteiger partial charge in [-0.1, -0.05) is 51.8 Å². The summed E-state index contributed by atoms with van der Waals surface area (Å²) in [6.07, 6.45) is 0. The lowest BCUT2D eigenvalue weighted by Crippen LogP contribution is -2.35. The van der Waals surface area contributed by atoms with Crippen LogP contribution in [0.5, 0.6) is 0 Å². The molecule has 0 fully saturated rings. The standard InChI is InChI=1S/C15H13BrClN3/c16-13-6-4-12(5-7-13)15-18-10-20(19-15)9-11-2-1-3-14(17)8-11/h1-8H,9-10H2,(H,18,19). The zero-order chi connectivity index (χ0) is 13.9. The summed E-state index contributed by atoms with van der Waals surface area (Å²) >= 11 is 9.43. The molecule has 0 aromatic heterocycles. The average Bonchev–Trinajstić information content (AvgIpc) is 2.88. The van der Waals surface area contributed by atoms with Crippen molar-refractivity contribution in [1.82, 2.24) is 10.4 Å². The molecule has 0 saturated carbocycles. The van der Waals surface area contributed by atoms with Gasteiger partial charge in [0.05, 0.1) is 0 Å². The molecule has 1 heterocycles. The fourth-order valence-corrected chi connectivity index (χ4v) is 2.56. The number of rotatable bonds is 3. The SMILES string of the molecule is Clc1cccc(CN2CN=C(c3ccc(Br)cc3)N2)c1.